The Labute approximate surface area is 197 Å². The van der Waals surface area contributed by atoms with Crippen molar-refractivity contribution in [2.24, 2.45) is 11.7 Å². The number of hydrogen-bond donors (Lipinski definition) is 7. The molecular weight excluding hydrogens is 438 g/mol. The van der Waals surface area contributed by atoms with Gasteiger partial charge in [-0.1, -0.05) is 24.3 Å². The van der Waals surface area contributed by atoms with Crippen molar-refractivity contribution in [1.29, 1.82) is 0 Å². The van der Waals surface area contributed by atoms with Gasteiger partial charge < -0.3 is 36.9 Å². The van der Waals surface area contributed by atoms with Crippen molar-refractivity contribution >= 4 is 28.6 Å². The SMILES string of the molecule is NC(=O)[C@@H](Cc1c[nH]c2ccccc12)NC(=O)C1=C[C@@H](NC(=O)C2CC[NH2+]CC2)[C@@H](O)[C@H](O)C1. The molecule has 0 unspecified atom stereocenters. The number of fused-ring (bicyclic) bond motifs is 1. The summed E-state index contributed by atoms with van der Waals surface area (Å²) in [6.45, 7) is 1.73. The first-order valence-corrected chi connectivity index (χ1v) is 11.7. The zero-order chi connectivity index (χ0) is 24.2. The van der Waals surface area contributed by atoms with E-state index in [9.17, 15) is 24.6 Å². The lowest BCUT2D eigenvalue weighted by Crippen LogP contribution is -2.86. The molecule has 1 aliphatic heterocycles. The Bertz CT molecular complexity index is 1090. The molecule has 0 spiro atoms. The van der Waals surface area contributed by atoms with Crippen LogP contribution in [0.4, 0.5) is 0 Å². The first-order chi connectivity index (χ1) is 16.3. The topological polar surface area (TPSA) is 174 Å². The zero-order valence-electron chi connectivity index (χ0n) is 18.9. The van der Waals surface area contributed by atoms with Crippen LogP contribution in [0.3, 0.4) is 0 Å². The summed E-state index contributed by atoms with van der Waals surface area (Å²) in [6, 6.07) is 5.74. The quantitative estimate of drug-likeness (QED) is 0.252. The first kappa shape index (κ1) is 23.9. The number of carbonyl (C=O) groups excluding carboxylic acids is 3. The number of rotatable bonds is 7. The molecule has 4 rings (SSSR count). The maximum atomic E-state index is 13.0. The number of benzene rings is 1. The average Bonchev–Trinajstić information content (AvgIpc) is 3.24. The van der Waals surface area contributed by atoms with E-state index in [4.69, 9.17) is 5.73 Å². The lowest BCUT2D eigenvalue weighted by atomic mass is 9.88. The van der Waals surface area contributed by atoms with Crippen LogP contribution in [0.2, 0.25) is 0 Å². The molecule has 2 heterocycles. The third-order valence-corrected chi connectivity index (χ3v) is 6.73. The second-order valence-corrected chi connectivity index (χ2v) is 9.12. The number of aliphatic hydroxyl groups excluding tert-OH is 2. The Morgan fingerprint density at radius 2 is 1.91 bits per heavy atom. The largest absolute Gasteiger partial charge is 0.390 e. The highest BCUT2D eigenvalue weighted by atomic mass is 16.3. The average molecular weight is 471 g/mol. The Balaban J connectivity index is 1.46. The molecule has 10 heteroatoms. The summed E-state index contributed by atoms with van der Waals surface area (Å²) in [5, 5.41) is 29.2. The molecule has 3 amide bonds. The summed E-state index contributed by atoms with van der Waals surface area (Å²) >= 11 is 0. The van der Waals surface area contributed by atoms with Crippen LogP contribution in [-0.2, 0) is 20.8 Å². The molecule has 0 saturated carbocycles. The van der Waals surface area contributed by atoms with Crippen LogP contribution in [0.5, 0.6) is 0 Å². The molecule has 1 aromatic carbocycles. The minimum Gasteiger partial charge on any atom is -0.390 e. The standard InChI is InChI=1S/C24H31N5O5/c25-22(32)19(10-15-12-27-17-4-2-1-3-16(15)17)29-24(34)14-9-18(21(31)20(30)11-14)28-23(33)13-5-7-26-8-6-13/h1-4,9,12-13,18-21,26-27,30-31H,5-8,10-11H2,(H2,25,32)(H,28,33)(H,29,34)/p+1/t18-,19-,20-,21-/m1/s1. The predicted molar refractivity (Wildman–Crippen MR) is 124 cm³/mol. The van der Waals surface area contributed by atoms with Gasteiger partial charge >= 0.3 is 0 Å². The molecule has 1 aromatic heterocycles. The fraction of sp³-hybridized carbons (Fsp3) is 0.458. The summed E-state index contributed by atoms with van der Waals surface area (Å²) in [5.41, 5.74) is 7.50. The molecule has 34 heavy (non-hydrogen) atoms. The van der Waals surface area contributed by atoms with Gasteiger partial charge in [-0.2, -0.15) is 0 Å². The van der Waals surface area contributed by atoms with Crippen molar-refractivity contribution in [3.63, 3.8) is 0 Å². The highest BCUT2D eigenvalue weighted by molar-refractivity contribution is 5.97. The van der Waals surface area contributed by atoms with Gasteiger partial charge in [0.15, 0.2) is 0 Å². The third kappa shape index (κ3) is 5.30. The highest BCUT2D eigenvalue weighted by Crippen LogP contribution is 2.22. The van der Waals surface area contributed by atoms with E-state index >= 15 is 0 Å². The molecule has 2 aromatic rings. The summed E-state index contributed by atoms with van der Waals surface area (Å²) in [7, 11) is 0. The third-order valence-electron chi connectivity index (χ3n) is 6.73. The Morgan fingerprint density at radius 1 is 1.18 bits per heavy atom. The van der Waals surface area contributed by atoms with Gasteiger partial charge in [0.05, 0.1) is 25.2 Å². The summed E-state index contributed by atoms with van der Waals surface area (Å²) in [5.74, 6) is -1.61. The number of H-pyrrole nitrogens is 1. The number of piperidine rings is 1. The van der Waals surface area contributed by atoms with Crippen molar-refractivity contribution in [3.05, 3.63) is 47.7 Å². The number of aromatic amines is 1. The zero-order valence-corrected chi connectivity index (χ0v) is 18.9. The van der Waals surface area contributed by atoms with Gasteiger partial charge in [0, 0.05) is 54.3 Å². The first-order valence-electron chi connectivity index (χ1n) is 11.7. The van der Waals surface area contributed by atoms with Crippen LogP contribution in [0.1, 0.15) is 24.8 Å². The number of para-hydroxylation sites is 1. The van der Waals surface area contributed by atoms with Crippen LogP contribution < -0.4 is 21.7 Å². The van der Waals surface area contributed by atoms with E-state index in [-0.39, 0.29) is 30.2 Å². The maximum Gasteiger partial charge on any atom is 0.247 e. The molecule has 0 radical (unpaired) electrons. The molecule has 1 fully saturated rings. The van der Waals surface area contributed by atoms with Crippen LogP contribution in [0.15, 0.2) is 42.1 Å². The van der Waals surface area contributed by atoms with Crippen LogP contribution in [-0.4, -0.2) is 70.3 Å². The van der Waals surface area contributed by atoms with E-state index in [0.717, 1.165) is 42.4 Å². The van der Waals surface area contributed by atoms with Gasteiger partial charge in [-0.3, -0.25) is 14.4 Å². The van der Waals surface area contributed by atoms with E-state index in [0.29, 0.717) is 0 Å². The summed E-state index contributed by atoms with van der Waals surface area (Å²) < 4.78 is 0. The highest BCUT2D eigenvalue weighted by Gasteiger charge is 2.36. The molecule has 1 aliphatic carbocycles. The Kier molecular flexibility index (Phi) is 7.30. The molecule has 4 atom stereocenters. The number of aliphatic hydroxyl groups is 2. The molecule has 9 N–H and O–H groups in total. The lowest BCUT2D eigenvalue weighted by molar-refractivity contribution is -0.664. The number of primary amides is 1. The fourth-order valence-corrected chi connectivity index (χ4v) is 4.73. The lowest BCUT2D eigenvalue weighted by Gasteiger charge is -2.32. The van der Waals surface area contributed by atoms with Crippen molar-refractivity contribution in [1.82, 2.24) is 15.6 Å². The molecule has 2 aliphatic rings. The molecule has 182 valence electrons. The normalized spacial score (nSPS) is 24.3. The van der Waals surface area contributed by atoms with Gasteiger partial charge in [0.2, 0.25) is 17.7 Å². The number of carbonyl (C=O) groups is 3. The number of nitrogens with one attached hydrogen (secondary N) is 3. The van der Waals surface area contributed by atoms with Gasteiger partial charge in [-0.15, -0.1) is 0 Å². The van der Waals surface area contributed by atoms with Gasteiger partial charge in [0.1, 0.15) is 12.1 Å². The Morgan fingerprint density at radius 3 is 2.65 bits per heavy atom. The summed E-state index contributed by atoms with van der Waals surface area (Å²) in [6.07, 6.45) is 2.36. The minimum atomic E-state index is -1.23. The van der Waals surface area contributed by atoms with Gasteiger partial charge in [0.25, 0.3) is 0 Å². The second kappa shape index (κ2) is 10.4. The maximum absolute atomic E-state index is 13.0. The van der Waals surface area contributed by atoms with Crippen LogP contribution in [0.25, 0.3) is 10.9 Å². The minimum absolute atomic E-state index is 0.101. The number of nitrogens with two attached hydrogens (primary N) is 2. The van der Waals surface area contributed by atoms with Crippen molar-refractivity contribution in [3.8, 4) is 0 Å². The van der Waals surface area contributed by atoms with E-state index in [1.807, 2.05) is 24.3 Å². The number of quaternary nitrogens is 1. The molecule has 0 bridgehead atoms. The molecule has 10 nitrogen and oxygen atoms in total. The van der Waals surface area contributed by atoms with E-state index in [2.05, 4.69) is 20.9 Å². The number of hydrogen-bond acceptors (Lipinski definition) is 5. The monoisotopic (exact) mass is 470 g/mol. The second-order valence-electron chi connectivity index (χ2n) is 9.12. The van der Waals surface area contributed by atoms with E-state index in [1.54, 1.807) is 6.20 Å². The predicted octanol–water partition coefficient (Wildman–Crippen LogP) is -1.81. The number of aromatic nitrogens is 1. The van der Waals surface area contributed by atoms with Crippen molar-refractivity contribution in [2.75, 3.05) is 13.1 Å². The van der Waals surface area contributed by atoms with Crippen molar-refractivity contribution in [2.45, 2.75) is 50.0 Å². The Hall–Kier alpha value is -3.21. The van der Waals surface area contributed by atoms with E-state index in [1.165, 1.54) is 6.08 Å². The smallest absolute Gasteiger partial charge is 0.247 e. The molecule has 1 saturated heterocycles. The van der Waals surface area contributed by atoms with Crippen molar-refractivity contribution < 1.29 is 29.9 Å². The fourth-order valence-electron chi connectivity index (χ4n) is 4.73. The summed E-state index contributed by atoms with van der Waals surface area (Å²) in [4.78, 5) is 40.9. The number of amides is 3. The molecular formula is C24H32N5O5+. The van der Waals surface area contributed by atoms with E-state index < -0.39 is 36.1 Å². The van der Waals surface area contributed by atoms with Crippen LogP contribution in [0, 0.1) is 5.92 Å². The van der Waals surface area contributed by atoms with Gasteiger partial charge in [-0.05, 0) is 11.6 Å². The van der Waals surface area contributed by atoms with Crippen LogP contribution >= 0.6 is 0 Å². The van der Waals surface area contributed by atoms with Gasteiger partial charge in [-0.25, -0.2) is 0 Å².